The molecule has 3 aromatic carbocycles. The molecule has 0 aliphatic rings. The van der Waals surface area contributed by atoms with Crippen LogP contribution in [0.5, 0.6) is 5.75 Å². The maximum Gasteiger partial charge on any atom is 0.301 e. The van der Waals surface area contributed by atoms with Crippen LogP contribution in [0.1, 0.15) is 11.1 Å². The lowest BCUT2D eigenvalue weighted by Gasteiger charge is -2.11. The maximum absolute atomic E-state index is 11.2. The van der Waals surface area contributed by atoms with Gasteiger partial charge in [-0.3, -0.25) is 35.8 Å². The number of rotatable bonds is 9. The number of benzene rings is 3. The number of non-ortho nitro benzene ring substituents is 2. The summed E-state index contributed by atoms with van der Waals surface area (Å²) in [5, 5.41) is 36.8. The number of nitro benzene ring substituents is 3. The predicted molar refractivity (Wildman–Crippen MR) is 140 cm³/mol. The van der Waals surface area contributed by atoms with Crippen molar-refractivity contribution in [2.45, 2.75) is 6.61 Å². The number of hydrogen-bond acceptors (Lipinski definition) is 9. The first kappa shape index (κ1) is 25.2. The summed E-state index contributed by atoms with van der Waals surface area (Å²) >= 11 is 4.20. The molecule has 34 heavy (non-hydrogen) atoms. The van der Waals surface area contributed by atoms with Gasteiger partial charge in [-0.25, -0.2) is 0 Å². The Hall–Kier alpha value is -3.41. The molecule has 0 aromatic heterocycles. The van der Waals surface area contributed by atoms with Crippen LogP contribution in [0.4, 0.5) is 22.7 Å². The molecule has 0 saturated heterocycles. The first-order chi connectivity index (χ1) is 16.2. The quantitative estimate of drug-likeness (QED) is 0.131. The van der Waals surface area contributed by atoms with E-state index in [9.17, 15) is 30.3 Å². The van der Waals surface area contributed by atoms with Crippen molar-refractivity contribution in [1.82, 2.24) is 0 Å². The van der Waals surface area contributed by atoms with Gasteiger partial charge in [-0.2, -0.15) is 5.10 Å². The zero-order valence-corrected chi connectivity index (χ0v) is 21.2. The predicted octanol–water partition coefficient (Wildman–Crippen LogP) is 5.65. The van der Waals surface area contributed by atoms with Crippen molar-refractivity contribution < 1.29 is 19.5 Å². The molecule has 174 valence electrons. The highest BCUT2D eigenvalue weighted by atomic mass is 127. The van der Waals surface area contributed by atoms with Gasteiger partial charge in [0, 0.05) is 18.2 Å². The molecule has 0 atom stereocenters. The van der Waals surface area contributed by atoms with Gasteiger partial charge >= 0.3 is 5.69 Å². The largest absolute Gasteiger partial charge is 0.487 e. The van der Waals surface area contributed by atoms with Crippen molar-refractivity contribution >= 4 is 74.1 Å². The molecular formula is C20H13I2N5O7. The van der Waals surface area contributed by atoms with E-state index >= 15 is 0 Å². The van der Waals surface area contributed by atoms with Crippen LogP contribution in [0.3, 0.4) is 0 Å². The first-order valence-corrected chi connectivity index (χ1v) is 11.4. The Balaban J connectivity index is 1.70. The molecule has 14 heteroatoms. The average Bonchev–Trinajstić information content (AvgIpc) is 2.78. The summed E-state index contributed by atoms with van der Waals surface area (Å²) in [6, 6.07) is 12.9. The molecule has 0 radical (unpaired) electrons. The summed E-state index contributed by atoms with van der Waals surface area (Å²) < 4.78 is 7.45. The van der Waals surface area contributed by atoms with Crippen LogP contribution in [-0.4, -0.2) is 21.0 Å². The average molecular weight is 689 g/mol. The number of ether oxygens (including phenoxy) is 1. The maximum atomic E-state index is 11.2. The van der Waals surface area contributed by atoms with E-state index in [0.717, 1.165) is 24.8 Å². The van der Waals surface area contributed by atoms with E-state index < -0.39 is 26.1 Å². The van der Waals surface area contributed by atoms with E-state index in [4.69, 9.17) is 4.74 Å². The lowest BCUT2D eigenvalue weighted by molar-refractivity contribution is -0.393. The Morgan fingerprint density at radius 2 is 1.44 bits per heavy atom. The lowest BCUT2D eigenvalue weighted by atomic mass is 10.2. The van der Waals surface area contributed by atoms with Crippen molar-refractivity contribution in [2.75, 3.05) is 5.43 Å². The van der Waals surface area contributed by atoms with Gasteiger partial charge in [0.2, 0.25) is 0 Å². The highest BCUT2D eigenvalue weighted by molar-refractivity contribution is 14.1. The van der Waals surface area contributed by atoms with Crippen LogP contribution in [0.25, 0.3) is 0 Å². The fraction of sp³-hybridized carbons (Fsp3) is 0.0500. The molecule has 0 unspecified atom stereocenters. The second-order valence-corrected chi connectivity index (χ2v) is 8.94. The highest BCUT2D eigenvalue weighted by Gasteiger charge is 2.19. The van der Waals surface area contributed by atoms with Crippen LogP contribution in [0.2, 0.25) is 0 Å². The highest BCUT2D eigenvalue weighted by Crippen LogP contribution is 2.31. The number of hydrogen-bond donors (Lipinski definition) is 1. The molecular weight excluding hydrogens is 676 g/mol. The third-order valence-electron chi connectivity index (χ3n) is 4.34. The van der Waals surface area contributed by atoms with Crippen LogP contribution < -0.4 is 10.2 Å². The fourth-order valence-electron chi connectivity index (χ4n) is 2.72. The normalized spacial score (nSPS) is 10.8. The third-order valence-corrected chi connectivity index (χ3v) is 5.94. The summed E-state index contributed by atoms with van der Waals surface area (Å²) in [6.07, 6.45) is 1.45. The third kappa shape index (κ3) is 6.34. The fourth-order valence-corrected chi connectivity index (χ4v) is 4.84. The molecule has 0 heterocycles. The Morgan fingerprint density at radius 1 is 0.853 bits per heavy atom. The summed E-state index contributed by atoms with van der Waals surface area (Å²) in [6.45, 7) is 0.225. The van der Waals surface area contributed by atoms with E-state index in [-0.39, 0.29) is 18.0 Å². The second-order valence-electron chi connectivity index (χ2n) is 6.61. The molecule has 1 N–H and O–H groups in total. The molecule has 0 spiro atoms. The number of hydrazone groups is 1. The zero-order valence-electron chi connectivity index (χ0n) is 16.9. The lowest BCUT2D eigenvalue weighted by Crippen LogP contribution is -2.01. The minimum Gasteiger partial charge on any atom is -0.487 e. The Morgan fingerprint density at radius 3 is 2.00 bits per heavy atom. The smallest absolute Gasteiger partial charge is 0.301 e. The molecule has 0 aliphatic carbocycles. The van der Waals surface area contributed by atoms with Gasteiger partial charge < -0.3 is 4.74 Å². The zero-order chi connectivity index (χ0) is 24.8. The van der Waals surface area contributed by atoms with Gasteiger partial charge in [-0.15, -0.1) is 0 Å². The van der Waals surface area contributed by atoms with Crippen molar-refractivity contribution in [3.8, 4) is 5.75 Å². The van der Waals surface area contributed by atoms with Crippen molar-refractivity contribution in [1.29, 1.82) is 0 Å². The summed E-state index contributed by atoms with van der Waals surface area (Å²) in [5.41, 5.74) is 3.16. The minimum absolute atomic E-state index is 0.00391. The minimum atomic E-state index is -0.728. The number of nitrogens with one attached hydrogen (secondary N) is 1. The van der Waals surface area contributed by atoms with Gasteiger partial charge in [0.25, 0.3) is 11.4 Å². The number of anilines is 1. The van der Waals surface area contributed by atoms with Gasteiger partial charge in [0.15, 0.2) is 0 Å². The van der Waals surface area contributed by atoms with E-state index in [2.05, 4.69) is 55.7 Å². The first-order valence-electron chi connectivity index (χ1n) is 9.23. The van der Waals surface area contributed by atoms with E-state index in [1.54, 1.807) is 24.3 Å². The monoisotopic (exact) mass is 689 g/mol. The van der Waals surface area contributed by atoms with Gasteiger partial charge in [0.1, 0.15) is 18.0 Å². The Labute approximate surface area is 218 Å². The van der Waals surface area contributed by atoms with E-state index in [1.807, 2.05) is 0 Å². The summed E-state index contributed by atoms with van der Waals surface area (Å²) in [4.78, 5) is 30.9. The van der Waals surface area contributed by atoms with Crippen molar-refractivity contribution in [3.63, 3.8) is 0 Å². The molecule has 3 aromatic rings. The van der Waals surface area contributed by atoms with Crippen molar-refractivity contribution in [3.05, 3.63) is 103 Å². The molecule has 0 fully saturated rings. The standard InChI is InChI=1S/C20H13I2N5O7/c21-16-7-13(10-23-24-18-6-5-15(26(30)31)9-19(18)27(32)33)8-17(22)20(16)34-11-12-1-3-14(4-2-12)25(28)29/h1-10,24H,11H2/b23-10+. The topological polar surface area (TPSA) is 163 Å². The number of halogens is 2. The van der Waals surface area contributed by atoms with Crippen LogP contribution in [0, 0.1) is 37.5 Å². The van der Waals surface area contributed by atoms with Gasteiger partial charge in [0.05, 0.1) is 34.2 Å². The summed E-state index contributed by atoms with van der Waals surface area (Å²) in [7, 11) is 0. The Bertz CT molecular complexity index is 1280. The van der Waals surface area contributed by atoms with Gasteiger partial charge in [-0.05, 0) is 86.6 Å². The number of nitro groups is 3. The number of nitrogens with zero attached hydrogens (tertiary/aromatic N) is 4. The summed E-state index contributed by atoms with van der Waals surface area (Å²) in [5.74, 6) is 0.635. The van der Waals surface area contributed by atoms with Crippen LogP contribution in [0.15, 0.2) is 59.7 Å². The van der Waals surface area contributed by atoms with Crippen molar-refractivity contribution in [2.24, 2.45) is 5.10 Å². The van der Waals surface area contributed by atoms with Gasteiger partial charge in [-0.1, -0.05) is 0 Å². The molecule has 12 nitrogen and oxygen atoms in total. The SMILES string of the molecule is O=[N+]([O-])c1ccc(COc2c(I)cc(/C=N/Nc3ccc([N+](=O)[O-])cc3[N+](=O)[O-])cc2I)cc1. The molecule has 0 aliphatic heterocycles. The molecule has 0 bridgehead atoms. The van der Waals surface area contributed by atoms with Crippen LogP contribution in [-0.2, 0) is 6.61 Å². The Kier molecular flexibility index (Phi) is 8.26. The van der Waals surface area contributed by atoms with E-state index in [1.165, 1.54) is 24.4 Å². The molecule has 0 amide bonds. The van der Waals surface area contributed by atoms with Crippen LogP contribution >= 0.6 is 45.2 Å². The second kappa shape index (κ2) is 11.1. The molecule has 3 rings (SSSR count). The molecule has 0 saturated carbocycles. The van der Waals surface area contributed by atoms with E-state index in [0.29, 0.717) is 11.3 Å².